The third kappa shape index (κ3) is 8.84. The first-order valence-electron chi connectivity index (χ1n) is 15.0. The van der Waals surface area contributed by atoms with Crippen molar-refractivity contribution in [2.45, 2.75) is 70.8 Å². The van der Waals surface area contributed by atoms with Gasteiger partial charge in [-0.25, -0.2) is 9.18 Å². The number of para-hydroxylation sites is 1. The smallest absolute Gasteiger partial charge is 0.376 e. The van der Waals surface area contributed by atoms with Crippen molar-refractivity contribution in [1.29, 1.82) is 0 Å². The van der Waals surface area contributed by atoms with Crippen LogP contribution in [0, 0.1) is 5.82 Å². The Bertz CT molecular complexity index is 1420. The van der Waals surface area contributed by atoms with Crippen LogP contribution >= 0.6 is 0 Å². The fraction of sp³-hybridized carbons (Fsp3) is 0.424. The summed E-state index contributed by atoms with van der Waals surface area (Å²) < 4.78 is 38.6. The molecule has 44 heavy (non-hydrogen) atoms. The lowest BCUT2D eigenvalue weighted by Crippen LogP contribution is -2.53. The van der Waals surface area contributed by atoms with Gasteiger partial charge in [0.25, 0.3) is 0 Å². The van der Waals surface area contributed by atoms with E-state index in [1.54, 1.807) is 19.0 Å². The van der Waals surface area contributed by atoms with Gasteiger partial charge >= 0.3 is 13.0 Å². The number of nitrogens with zero attached hydrogens (tertiary/aromatic N) is 1. The molecule has 0 fully saturated rings. The van der Waals surface area contributed by atoms with Gasteiger partial charge in [0.05, 0.1) is 6.10 Å². The van der Waals surface area contributed by atoms with Crippen molar-refractivity contribution in [3.05, 3.63) is 83.7 Å². The van der Waals surface area contributed by atoms with Crippen molar-refractivity contribution >= 4 is 21.3 Å². The van der Waals surface area contributed by atoms with Crippen LogP contribution in [0.5, 0.6) is 23.0 Å². The van der Waals surface area contributed by atoms with E-state index >= 15 is 0 Å². The molecule has 11 heteroatoms. The molecule has 0 saturated heterocycles. The highest BCUT2D eigenvalue weighted by Gasteiger charge is 2.40. The van der Waals surface area contributed by atoms with E-state index in [4.69, 9.17) is 18.6 Å². The van der Waals surface area contributed by atoms with E-state index in [2.05, 4.69) is 33.9 Å². The molecule has 1 aliphatic heterocycles. The Morgan fingerprint density at radius 2 is 1.84 bits per heavy atom. The molecule has 3 aromatic rings. The average Bonchev–Trinajstić information content (AvgIpc) is 2.96. The number of carbonyl (C=O) groups is 1. The van der Waals surface area contributed by atoms with Crippen LogP contribution in [0.2, 0.25) is 25.0 Å². The van der Waals surface area contributed by atoms with Gasteiger partial charge < -0.3 is 33.6 Å². The predicted octanol–water partition coefficient (Wildman–Crippen LogP) is 6.89. The van der Waals surface area contributed by atoms with Crippen LogP contribution < -0.4 is 14.2 Å². The van der Waals surface area contributed by atoms with Crippen LogP contribution in [0.15, 0.2) is 66.7 Å². The molecule has 1 aliphatic rings. The van der Waals surface area contributed by atoms with Crippen molar-refractivity contribution in [2.24, 2.45) is 0 Å². The average molecular weight is 624 g/mol. The van der Waals surface area contributed by atoms with E-state index in [1.807, 2.05) is 41.2 Å². The number of aromatic carboxylic acids is 1. The number of aryl methyl sites for hydroxylation is 1. The summed E-state index contributed by atoms with van der Waals surface area (Å²) in [6, 6.07) is 18.4. The Morgan fingerprint density at radius 3 is 2.50 bits per heavy atom. The molecule has 236 valence electrons. The Morgan fingerprint density at radius 1 is 1.11 bits per heavy atom. The SMILES string of the molecule is CB(O)N(C[C@H]1CCc2cc(Oc3ccc(F)cc3C(=O)O)ccc2O1)C[C@@H](COc1ccccc1)O[Si](C)(C)C(C)(C)C. The fourth-order valence-corrected chi connectivity index (χ4v) is 6.15. The topological polar surface area (TPSA) is 97.7 Å². The lowest BCUT2D eigenvalue weighted by Gasteiger charge is -2.41. The standard InChI is InChI=1S/C33H43BFNO7Si/c1-33(2,3)44(5,6)43-28(22-40-25-10-8-7-9-11-25)21-36(34(4)39)20-27-14-12-23-18-26(15-17-30(23)42-27)41-31-16-13-24(35)19-29(31)32(37)38/h7-11,13,15-19,27-28,39H,12,14,20-22H2,1-6H3,(H,37,38)/t27-,28+/m1/s1. The van der Waals surface area contributed by atoms with Crippen LogP contribution in [0.3, 0.4) is 0 Å². The second-order valence-electron chi connectivity index (χ2n) is 12.8. The van der Waals surface area contributed by atoms with Crippen molar-refractivity contribution in [2.75, 3.05) is 19.7 Å². The van der Waals surface area contributed by atoms with E-state index in [-0.39, 0.29) is 28.6 Å². The molecule has 0 unspecified atom stereocenters. The first-order chi connectivity index (χ1) is 20.7. The molecule has 0 aromatic heterocycles. The zero-order valence-electron chi connectivity index (χ0n) is 26.4. The second kappa shape index (κ2) is 14.2. The van der Waals surface area contributed by atoms with E-state index in [0.29, 0.717) is 44.0 Å². The molecule has 0 amide bonds. The molecular weight excluding hydrogens is 580 g/mol. The minimum atomic E-state index is -2.14. The summed E-state index contributed by atoms with van der Waals surface area (Å²) in [6.07, 6.45) is 0.998. The number of carboxylic acids is 1. The van der Waals surface area contributed by atoms with Crippen LogP contribution in [0.1, 0.15) is 43.1 Å². The molecule has 8 nitrogen and oxygen atoms in total. The number of fused-ring (bicyclic) bond motifs is 1. The molecule has 0 radical (unpaired) electrons. The second-order valence-corrected chi connectivity index (χ2v) is 17.6. The fourth-order valence-electron chi connectivity index (χ4n) is 4.82. The third-order valence-electron chi connectivity index (χ3n) is 8.31. The minimum Gasteiger partial charge on any atom is -0.491 e. The van der Waals surface area contributed by atoms with Crippen molar-refractivity contribution in [3.8, 4) is 23.0 Å². The summed E-state index contributed by atoms with van der Waals surface area (Å²) in [5.74, 6) is 0.0657. The Labute approximate surface area is 261 Å². The number of hydrogen-bond donors (Lipinski definition) is 2. The van der Waals surface area contributed by atoms with Gasteiger partial charge in [0.1, 0.15) is 47.1 Å². The Kier molecular flexibility index (Phi) is 10.8. The van der Waals surface area contributed by atoms with Gasteiger partial charge in [0.15, 0.2) is 8.32 Å². The van der Waals surface area contributed by atoms with Gasteiger partial charge in [0.2, 0.25) is 0 Å². The lowest BCUT2D eigenvalue weighted by molar-refractivity contribution is 0.0693. The van der Waals surface area contributed by atoms with Crippen molar-refractivity contribution in [1.82, 2.24) is 4.81 Å². The maximum absolute atomic E-state index is 13.6. The van der Waals surface area contributed by atoms with Crippen molar-refractivity contribution < 1.29 is 38.0 Å². The number of carboxylic acid groups (broad SMARTS) is 1. The molecule has 0 aliphatic carbocycles. The lowest BCUT2D eigenvalue weighted by atomic mass is 9.83. The molecule has 0 spiro atoms. The quantitative estimate of drug-likeness (QED) is 0.199. The molecule has 1 heterocycles. The summed E-state index contributed by atoms with van der Waals surface area (Å²) in [6.45, 7) is 14.1. The van der Waals surface area contributed by atoms with Gasteiger partial charge in [-0.15, -0.1) is 0 Å². The highest BCUT2D eigenvalue weighted by Crippen LogP contribution is 2.38. The van der Waals surface area contributed by atoms with E-state index < -0.39 is 27.2 Å². The molecule has 2 atom stereocenters. The van der Waals surface area contributed by atoms with Crippen LogP contribution in [0.4, 0.5) is 4.39 Å². The minimum absolute atomic E-state index is 0.0122. The normalized spacial score (nSPS) is 15.7. The highest BCUT2D eigenvalue weighted by atomic mass is 28.4. The Balaban J connectivity index is 1.44. The summed E-state index contributed by atoms with van der Waals surface area (Å²) in [7, 11) is -2.86. The largest absolute Gasteiger partial charge is 0.491 e. The summed E-state index contributed by atoms with van der Waals surface area (Å²) >= 11 is 0. The molecule has 2 N–H and O–H groups in total. The number of halogens is 1. The monoisotopic (exact) mass is 623 g/mol. The van der Waals surface area contributed by atoms with Gasteiger partial charge in [-0.05, 0) is 91.9 Å². The van der Waals surface area contributed by atoms with Gasteiger partial charge in [0, 0.05) is 13.1 Å². The Hall–Kier alpha value is -3.38. The summed E-state index contributed by atoms with van der Waals surface area (Å²) in [5.41, 5.74) is 0.680. The van der Waals surface area contributed by atoms with E-state index in [1.165, 1.54) is 6.07 Å². The van der Waals surface area contributed by atoms with Gasteiger partial charge in [-0.3, -0.25) is 0 Å². The van der Waals surface area contributed by atoms with Gasteiger partial charge in [-0.2, -0.15) is 0 Å². The maximum Gasteiger partial charge on any atom is 0.376 e. The molecular formula is C33H43BFNO7Si. The first kappa shape index (κ1) is 33.5. The van der Waals surface area contributed by atoms with Gasteiger partial charge in [-0.1, -0.05) is 39.0 Å². The maximum atomic E-state index is 13.6. The number of rotatable bonds is 13. The molecule has 3 aromatic carbocycles. The predicted molar refractivity (Wildman–Crippen MR) is 172 cm³/mol. The third-order valence-corrected chi connectivity index (χ3v) is 12.8. The summed E-state index contributed by atoms with van der Waals surface area (Å²) in [5, 5.41) is 20.2. The zero-order valence-corrected chi connectivity index (χ0v) is 27.4. The van der Waals surface area contributed by atoms with Crippen LogP contribution in [-0.2, 0) is 10.8 Å². The molecule has 0 saturated carbocycles. The van der Waals surface area contributed by atoms with Crippen molar-refractivity contribution in [3.63, 3.8) is 0 Å². The van der Waals surface area contributed by atoms with E-state index in [0.717, 1.165) is 23.4 Å². The van der Waals surface area contributed by atoms with Crippen LogP contribution in [0.25, 0.3) is 0 Å². The molecule has 4 rings (SSSR count). The number of hydrogen-bond acceptors (Lipinski definition) is 7. The number of ether oxygens (including phenoxy) is 3. The van der Waals surface area contributed by atoms with E-state index in [9.17, 15) is 19.3 Å². The number of benzene rings is 3. The highest BCUT2D eigenvalue weighted by molar-refractivity contribution is 6.74. The first-order valence-corrected chi connectivity index (χ1v) is 17.9. The van der Waals surface area contributed by atoms with Crippen LogP contribution in [-0.4, -0.2) is 68.2 Å². The molecule has 0 bridgehead atoms. The zero-order chi connectivity index (χ0) is 32.1. The summed E-state index contributed by atoms with van der Waals surface area (Å²) in [4.78, 5) is 13.5.